The van der Waals surface area contributed by atoms with Gasteiger partial charge in [0.2, 0.25) is 0 Å². The van der Waals surface area contributed by atoms with Crippen LogP contribution in [0.2, 0.25) is 0 Å². The zero-order valence-corrected chi connectivity index (χ0v) is 13.9. The fraction of sp³-hybridized carbons (Fsp3) is 0.350. The highest BCUT2D eigenvalue weighted by Gasteiger charge is 2.40. The molecule has 1 fully saturated rings. The second-order valence-corrected chi connectivity index (χ2v) is 6.75. The number of ether oxygens (including phenoxy) is 1. The van der Waals surface area contributed by atoms with Gasteiger partial charge in [-0.05, 0) is 43.1 Å². The molecule has 1 aliphatic rings. The average Bonchev–Trinajstić information content (AvgIpc) is 2.97. The molecule has 1 unspecified atom stereocenters. The monoisotopic (exact) mass is 325 g/mol. The molecule has 2 aromatic rings. The molecule has 126 valence electrons. The van der Waals surface area contributed by atoms with Crippen molar-refractivity contribution in [1.29, 1.82) is 0 Å². The maximum atomic E-state index is 11.3. The lowest BCUT2D eigenvalue weighted by molar-refractivity contribution is -0.147. The zero-order valence-electron chi connectivity index (χ0n) is 13.9. The number of likely N-dealkylation sites (tertiary alicyclic amines) is 1. The van der Waals surface area contributed by atoms with Crippen molar-refractivity contribution in [2.45, 2.75) is 26.5 Å². The number of aliphatic carboxylic acids is 1. The van der Waals surface area contributed by atoms with Gasteiger partial charge in [0.15, 0.2) is 0 Å². The zero-order chi connectivity index (χ0) is 17.0. The molecule has 0 radical (unpaired) electrons. The molecule has 0 amide bonds. The van der Waals surface area contributed by atoms with Crippen LogP contribution in [-0.2, 0) is 17.9 Å². The van der Waals surface area contributed by atoms with Gasteiger partial charge in [0.25, 0.3) is 0 Å². The Kier molecular flexibility index (Phi) is 4.86. The van der Waals surface area contributed by atoms with Crippen molar-refractivity contribution in [2.75, 3.05) is 13.1 Å². The van der Waals surface area contributed by atoms with E-state index in [1.54, 1.807) is 0 Å². The summed E-state index contributed by atoms with van der Waals surface area (Å²) >= 11 is 0. The molecule has 2 aromatic carbocycles. The molecule has 1 atom stereocenters. The van der Waals surface area contributed by atoms with Crippen LogP contribution in [0.1, 0.15) is 24.5 Å². The molecule has 24 heavy (non-hydrogen) atoms. The lowest BCUT2D eigenvalue weighted by Gasteiger charge is -2.20. The van der Waals surface area contributed by atoms with E-state index in [2.05, 4.69) is 11.0 Å². The van der Waals surface area contributed by atoms with Crippen LogP contribution in [-0.4, -0.2) is 29.1 Å². The number of benzene rings is 2. The standard InChI is InChI=1S/C20H23NO3/c1-20(19(22)23)10-11-21(15-20)13-17-8-5-9-18(12-17)24-14-16-6-3-2-4-7-16/h2-9,12H,10-11,13-15H2,1H3,(H,22,23). The second-order valence-electron chi connectivity index (χ2n) is 6.75. The topological polar surface area (TPSA) is 49.8 Å². The highest BCUT2D eigenvalue weighted by atomic mass is 16.5. The minimum absolute atomic E-state index is 0.547. The smallest absolute Gasteiger partial charge is 0.310 e. The highest BCUT2D eigenvalue weighted by Crippen LogP contribution is 2.31. The Morgan fingerprint density at radius 2 is 1.92 bits per heavy atom. The van der Waals surface area contributed by atoms with Crippen LogP contribution in [0.3, 0.4) is 0 Å². The first-order chi connectivity index (χ1) is 11.5. The largest absolute Gasteiger partial charge is 0.489 e. The van der Waals surface area contributed by atoms with Crippen LogP contribution in [0, 0.1) is 5.41 Å². The molecule has 1 heterocycles. The first-order valence-electron chi connectivity index (χ1n) is 8.27. The van der Waals surface area contributed by atoms with Crippen LogP contribution in [0.15, 0.2) is 54.6 Å². The van der Waals surface area contributed by atoms with E-state index >= 15 is 0 Å². The number of rotatable bonds is 6. The van der Waals surface area contributed by atoms with Gasteiger partial charge >= 0.3 is 5.97 Å². The Balaban J connectivity index is 1.59. The molecular formula is C20H23NO3. The second kappa shape index (κ2) is 7.05. The van der Waals surface area contributed by atoms with Crippen molar-refractivity contribution in [3.05, 3.63) is 65.7 Å². The van der Waals surface area contributed by atoms with Gasteiger partial charge in [-0.2, -0.15) is 0 Å². The summed E-state index contributed by atoms with van der Waals surface area (Å²) in [6.07, 6.45) is 0.701. The van der Waals surface area contributed by atoms with Crippen molar-refractivity contribution in [2.24, 2.45) is 5.41 Å². The summed E-state index contributed by atoms with van der Waals surface area (Å²) in [5.41, 5.74) is 1.66. The third-order valence-electron chi connectivity index (χ3n) is 4.62. The van der Waals surface area contributed by atoms with Crippen LogP contribution in [0.4, 0.5) is 0 Å². The normalized spacial score (nSPS) is 20.9. The lowest BCUT2D eigenvalue weighted by atomic mass is 9.90. The molecule has 1 saturated heterocycles. The minimum Gasteiger partial charge on any atom is -0.489 e. The SMILES string of the molecule is CC1(C(=O)O)CCN(Cc2cccc(OCc3ccccc3)c2)C1. The molecule has 4 heteroatoms. The van der Waals surface area contributed by atoms with Crippen molar-refractivity contribution < 1.29 is 14.6 Å². The third kappa shape index (κ3) is 3.95. The molecule has 0 saturated carbocycles. The predicted octanol–water partition coefficient (Wildman–Crippen LogP) is 3.56. The summed E-state index contributed by atoms with van der Waals surface area (Å²) in [4.78, 5) is 13.5. The van der Waals surface area contributed by atoms with E-state index in [1.165, 1.54) is 0 Å². The molecule has 3 rings (SSSR count). The first-order valence-corrected chi connectivity index (χ1v) is 8.27. The molecule has 1 N–H and O–H groups in total. The Morgan fingerprint density at radius 3 is 2.62 bits per heavy atom. The number of carboxylic acids is 1. The number of nitrogens with zero attached hydrogens (tertiary/aromatic N) is 1. The van der Waals surface area contributed by atoms with Crippen molar-refractivity contribution in [3.63, 3.8) is 0 Å². The number of carboxylic acid groups (broad SMARTS) is 1. The summed E-state index contributed by atoms with van der Waals surface area (Å²) in [6.45, 7) is 4.54. The average molecular weight is 325 g/mol. The fourth-order valence-corrected chi connectivity index (χ4v) is 3.10. The minimum atomic E-state index is -0.704. The maximum Gasteiger partial charge on any atom is 0.310 e. The molecule has 0 aliphatic carbocycles. The van der Waals surface area contributed by atoms with E-state index in [9.17, 15) is 9.90 Å². The van der Waals surface area contributed by atoms with Gasteiger partial charge in [0.1, 0.15) is 12.4 Å². The van der Waals surface area contributed by atoms with Crippen LogP contribution < -0.4 is 4.74 Å². The van der Waals surface area contributed by atoms with Gasteiger partial charge in [-0.25, -0.2) is 0 Å². The lowest BCUT2D eigenvalue weighted by Crippen LogP contribution is -2.31. The Labute approximate surface area is 142 Å². The molecule has 0 aromatic heterocycles. The molecular weight excluding hydrogens is 302 g/mol. The van der Waals surface area contributed by atoms with E-state index in [0.717, 1.165) is 30.0 Å². The van der Waals surface area contributed by atoms with E-state index in [1.807, 2.05) is 55.5 Å². The first kappa shape index (κ1) is 16.5. The Hall–Kier alpha value is -2.33. The van der Waals surface area contributed by atoms with Crippen LogP contribution in [0.5, 0.6) is 5.75 Å². The Bertz CT molecular complexity index is 701. The van der Waals surface area contributed by atoms with E-state index < -0.39 is 11.4 Å². The molecule has 0 spiro atoms. The van der Waals surface area contributed by atoms with Gasteiger partial charge < -0.3 is 9.84 Å². The number of hydrogen-bond donors (Lipinski definition) is 1. The third-order valence-corrected chi connectivity index (χ3v) is 4.62. The summed E-state index contributed by atoms with van der Waals surface area (Å²) in [5.74, 6) is 0.140. The maximum absolute atomic E-state index is 11.3. The summed E-state index contributed by atoms with van der Waals surface area (Å²) in [7, 11) is 0. The summed E-state index contributed by atoms with van der Waals surface area (Å²) in [5, 5.41) is 9.33. The quantitative estimate of drug-likeness (QED) is 0.882. The van der Waals surface area contributed by atoms with E-state index in [4.69, 9.17) is 4.74 Å². The van der Waals surface area contributed by atoms with Crippen molar-refractivity contribution in [3.8, 4) is 5.75 Å². The summed E-state index contributed by atoms with van der Waals surface area (Å²) in [6, 6.07) is 18.1. The van der Waals surface area contributed by atoms with Crippen LogP contribution in [0.25, 0.3) is 0 Å². The van der Waals surface area contributed by atoms with Gasteiger partial charge in [0, 0.05) is 13.1 Å². The van der Waals surface area contributed by atoms with E-state index in [0.29, 0.717) is 19.6 Å². The number of hydrogen-bond acceptors (Lipinski definition) is 3. The number of carbonyl (C=O) groups is 1. The molecule has 0 bridgehead atoms. The molecule has 4 nitrogen and oxygen atoms in total. The van der Waals surface area contributed by atoms with Crippen molar-refractivity contribution in [1.82, 2.24) is 4.90 Å². The van der Waals surface area contributed by atoms with Gasteiger partial charge in [-0.1, -0.05) is 42.5 Å². The van der Waals surface area contributed by atoms with Crippen molar-refractivity contribution >= 4 is 5.97 Å². The highest BCUT2D eigenvalue weighted by molar-refractivity contribution is 5.74. The predicted molar refractivity (Wildman–Crippen MR) is 92.9 cm³/mol. The Morgan fingerprint density at radius 1 is 1.17 bits per heavy atom. The van der Waals surface area contributed by atoms with Gasteiger partial charge in [0.05, 0.1) is 5.41 Å². The van der Waals surface area contributed by atoms with Crippen LogP contribution >= 0.6 is 0 Å². The molecule has 1 aliphatic heterocycles. The summed E-state index contributed by atoms with van der Waals surface area (Å²) < 4.78 is 5.86. The van der Waals surface area contributed by atoms with Gasteiger partial charge in [-0.15, -0.1) is 0 Å². The fourth-order valence-electron chi connectivity index (χ4n) is 3.10. The van der Waals surface area contributed by atoms with E-state index in [-0.39, 0.29) is 0 Å². The van der Waals surface area contributed by atoms with Gasteiger partial charge in [-0.3, -0.25) is 9.69 Å².